The van der Waals surface area contributed by atoms with Gasteiger partial charge in [0, 0.05) is 0 Å². The van der Waals surface area contributed by atoms with Gasteiger partial charge in [0.25, 0.3) is 0 Å². The number of carbonyl (C=O) groups is 2. The topological polar surface area (TPSA) is 43.4 Å². The maximum atomic E-state index is 11.5. The maximum absolute atomic E-state index is 11.5. The van der Waals surface area contributed by atoms with Crippen LogP contribution in [0.25, 0.3) is 0 Å². The third-order valence-corrected chi connectivity index (χ3v) is 3.38. The SMILES string of the molecule is CCCCCCC=CC1C(=O)OC(=O)C1CCC. The van der Waals surface area contributed by atoms with Gasteiger partial charge in [-0.15, -0.1) is 0 Å². The summed E-state index contributed by atoms with van der Waals surface area (Å²) in [4.78, 5) is 23.0. The van der Waals surface area contributed by atoms with Gasteiger partial charge in [0.05, 0.1) is 11.8 Å². The smallest absolute Gasteiger partial charge is 0.321 e. The first-order chi connectivity index (χ1) is 8.70. The zero-order valence-corrected chi connectivity index (χ0v) is 11.5. The Balaban J connectivity index is 2.40. The molecule has 0 aromatic rings. The van der Waals surface area contributed by atoms with Crippen LogP contribution in [0.3, 0.4) is 0 Å². The van der Waals surface area contributed by atoms with E-state index in [9.17, 15) is 9.59 Å². The minimum Gasteiger partial charge on any atom is -0.392 e. The Morgan fingerprint density at radius 1 is 1.06 bits per heavy atom. The van der Waals surface area contributed by atoms with E-state index in [1.807, 2.05) is 19.1 Å². The molecule has 0 aliphatic carbocycles. The van der Waals surface area contributed by atoms with Crippen molar-refractivity contribution in [3.63, 3.8) is 0 Å². The van der Waals surface area contributed by atoms with Crippen LogP contribution < -0.4 is 0 Å². The van der Waals surface area contributed by atoms with Crippen LogP contribution in [0.5, 0.6) is 0 Å². The van der Waals surface area contributed by atoms with Crippen molar-refractivity contribution in [1.29, 1.82) is 0 Å². The number of ether oxygens (including phenoxy) is 1. The number of cyclic esters (lactones) is 2. The highest BCUT2D eigenvalue weighted by atomic mass is 16.6. The van der Waals surface area contributed by atoms with Gasteiger partial charge in [0.2, 0.25) is 0 Å². The molecule has 0 N–H and O–H groups in total. The van der Waals surface area contributed by atoms with Crippen molar-refractivity contribution < 1.29 is 14.3 Å². The van der Waals surface area contributed by atoms with Crippen LogP contribution in [0.4, 0.5) is 0 Å². The van der Waals surface area contributed by atoms with Crippen molar-refractivity contribution >= 4 is 11.9 Å². The predicted molar refractivity (Wildman–Crippen MR) is 70.9 cm³/mol. The standard InChI is InChI=1S/C15H24O3/c1-3-5-6-7-8-9-11-13-12(10-4-2)14(16)18-15(13)17/h9,11-13H,3-8,10H2,1-2H3. The first-order valence-electron chi connectivity index (χ1n) is 7.12. The fraction of sp³-hybridized carbons (Fsp3) is 0.733. The van der Waals surface area contributed by atoms with E-state index in [-0.39, 0.29) is 23.8 Å². The van der Waals surface area contributed by atoms with E-state index in [1.165, 1.54) is 19.3 Å². The van der Waals surface area contributed by atoms with Gasteiger partial charge >= 0.3 is 11.9 Å². The molecule has 0 amide bonds. The van der Waals surface area contributed by atoms with Crippen molar-refractivity contribution in [3.05, 3.63) is 12.2 Å². The third kappa shape index (κ3) is 4.28. The van der Waals surface area contributed by atoms with E-state index in [0.717, 1.165) is 25.7 Å². The fourth-order valence-electron chi connectivity index (χ4n) is 2.31. The monoisotopic (exact) mass is 252 g/mol. The molecule has 2 atom stereocenters. The minimum absolute atomic E-state index is 0.255. The quantitative estimate of drug-likeness (QED) is 0.287. The molecule has 1 saturated heterocycles. The largest absolute Gasteiger partial charge is 0.392 e. The molecule has 102 valence electrons. The van der Waals surface area contributed by atoms with Gasteiger partial charge < -0.3 is 4.74 Å². The first kappa shape index (κ1) is 14.9. The van der Waals surface area contributed by atoms with E-state index < -0.39 is 0 Å². The molecule has 1 rings (SSSR count). The summed E-state index contributed by atoms with van der Waals surface area (Å²) >= 11 is 0. The predicted octanol–water partition coefficient (Wildman–Crippen LogP) is 3.63. The van der Waals surface area contributed by atoms with Gasteiger partial charge in [0.1, 0.15) is 0 Å². The molecule has 18 heavy (non-hydrogen) atoms. The molecule has 1 aliphatic heterocycles. The van der Waals surface area contributed by atoms with Crippen molar-refractivity contribution in [2.75, 3.05) is 0 Å². The number of hydrogen-bond donors (Lipinski definition) is 0. The van der Waals surface area contributed by atoms with Crippen molar-refractivity contribution in [1.82, 2.24) is 0 Å². The van der Waals surface area contributed by atoms with E-state index in [0.29, 0.717) is 0 Å². The average Bonchev–Trinajstić information content (AvgIpc) is 2.60. The maximum Gasteiger partial charge on any atom is 0.321 e. The normalized spacial score (nSPS) is 23.9. The first-order valence-corrected chi connectivity index (χ1v) is 7.12. The molecule has 1 fully saturated rings. The average molecular weight is 252 g/mol. The summed E-state index contributed by atoms with van der Waals surface area (Å²) in [5, 5.41) is 0. The van der Waals surface area contributed by atoms with Crippen LogP contribution in [-0.2, 0) is 14.3 Å². The van der Waals surface area contributed by atoms with Gasteiger partial charge in [-0.2, -0.15) is 0 Å². The highest BCUT2D eigenvalue weighted by molar-refractivity contribution is 5.97. The summed E-state index contributed by atoms with van der Waals surface area (Å²) in [5.41, 5.74) is 0. The molecule has 1 aliphatic rings. The lowest BCUT2D eigenvalue weighted by Gasteiger charge is -2.07. The summed E-state index contributed by atoms with van der Waals surface area (Å²) in [6, 6.07) is 0. The molecule has 1 heterocycles. The molecule has 0 saturated carbocycles. The molecule has 0 aromatic heterocycles. The van der Waals surface area contributed by atoms with Crippen molar-refractivity contribution in [2.45, 2.75) is 58.8 Å². The van der Waals surface area contributed by atoms with Crippen LogP contribution in [0.2, 0.25) is 0 Å². The zero-order valence-electron chi connectivity index (χ0n) is 11.5. The zero-order chi connectivity index (χ0) is 13.4. The second-order valence-corrected chi connectivity index (χ2v) is 4.94. The number of hydrogen-bond acceptors (Lipinski definition) is 3. The van der Waals surface area contributed by atoms with Crippen LogP contribution in [-0.4, -0.2) is 11.9 Å². The Labute approximate surface area is 110 Å². The molecule has 0 spiro atoms. The Kier molecular flexibility index (Phi) is 6.69. The number of carbonyl (C=O) groups excluding carboxylic acids is 2. The molecule has 0 radical (unpaired) electrons. The van der Waals surface area contributed by atoms with Gasteiger partial charge in [-0.3, -0.25) is 9.59 Å². The van der Waals surface area contributed by atoms with E-state index in [2.05, 4.69) is 6.92 Å². The number of esters is 2. The Morgan fingerprint density at radius 2 is 1.83 bits per heavy atom. The number of allylic oxidation sites excluding steroid dienone is 1. The van der Waals surface area contributed by atoms with Crippen LogP contribution in [0.1, 0.15) is 58.8 Å². The van der Waals surface area contributed by atoms with E-state index >= 15 is 0 Å². The highest BCUT2D eigenvalue weighted by Gasteiger charge is 2.41. The minimum atomic E-state index is -0.372. The Hall–Kier alpha value is -1.12. The third-order valence-electron chi connectivity index (χ3n) is 3.38. The second kappa shape index (κ2) is 8.06. The van der Waals surface area contributed by atoms with E-state index in [1.54, 1.807) is 0 Å². The summed E-state index contributed by atoms with van der Waals surface area (Å²) in [5.74, 6) is -1.32. The van der Waals surface area contributed by atoms with Crippen LogP contribution >= 0.6 is 0 Å². The van der Waals surface area contributed by atoms with E-state index in [4.69, 9.17) is 4.74 Å². The van der Waals surface area contributed by atoms with Crippen molar-refractivity contribution in [2.24, 2.45) is 11.8 Å². The summed E-state index contributed by atoms with van der Waals surface area (Å²) in [6.07, 6.45) is 11.4. The lowest BCUT2D eigenvalue weighted by atomic mass is 9.90. The molecule has 2 unspecified atom stereocenters. The lowest BCUT2D eigenvalue weighted by Crippen LogP contribution is -2.15. The molecule has 0 aromatic carbocycles. The molecule has 0 bridgehead atoms. The summed E-state index contributed by atoms with van der Waals surface area (Å²) in [6.45, 7) is 4.20. The highest BCUT2D eigenvalue weighted by Crippen LogP contribution is 2.28. The van der Waals surface area contributed by atoms with Crippen molar-refractivity contribution in [3.8, 4) is 0 Å². The van der Waals surface area contributed by atoms with Crippen LogP contribution in [0.15, 0.2) is 12.2 Å². The molecular formula is C15H24O3. The fourth-order valence-corrected chi connectivity index (χ4v) is 2.31. The number of unbranched alkanes of at least 4 members (excludes halogenated alkanes) is 4. The van der Waals surface area contributed by atoms with Gasteiger partial charge in [0.15, 0.2) is 0 Å². The summed E-state index contributed by atoms with van der Waals surface area (Å²) < 4.78 is 4.71. The Morgan fingerprint density at radius 3 is 2.50 bits per heavy atom. The summed E-state index contributed by atoms with van der Waals surface area (Å²) in [7, 11) is 0. The van der Waals surface area contributed by atoms with Gasteiger partial charge in [-0.1, -0.05) is 51.7 Å². The molecular weight excluding hydrogens is 228 g/mol. The van der Waals surface area contributed by atoms with Gasteiger partial charge in [-0.05, 0) is 19.3 Å². The molecule has 3 heteroatoms. The second-order valence-electron chi connectivity index (χ2n) is 4.94. The number of rotatable bonds is 8. The van der Waals surface area contributed by atoms with Crippen LogP contribution in [0, 0.1) is 11.8 Å². The molecule has 3 nitrogen and oxygen atoms in total. The van der Waals surface area contributed by atoms with Gasteiger partial charge in [-0.25, -0.2) is 0 Å². The lowest BCUT2D eigenvalue weighted by molar-refractivity contribution is -0.153. The Bertz CT molecular complexity index is 307.